The van der Waals surface area contributed by atoms with Crippen molar-refractivity contribution in [2.45, 2.75) is 18.8 Å². The second kappa shape index (κ2) is 5.55. The van der Waals surface area contributed by atoms with Crippen LogP contribution in [0.25, 0.3) is 0 Å². The largest absolute Gasteiger partial charge is 0.203 e. The molecule has 2 aliphatic carbocycles. The maximum atomic E-state index is 14.1. The van der Waals surface area contributed by atoms with Gasteiger partial charge in [-0.05, 0) is 12.8 Å². The molecule has 114 valence electrons. The first-order valence-corrected chi connectivity index (χ1v) is 6.75. The van der Waals surface area contributed by atoms with Gasteiger partial charge in [-0.3, -0.25) is 0 Å². The Morgan fingerprint density at radius 2 is 1.05 bits per heavy atom. The monoisotopic (exact) mass is 310 g/mol. The van der Waals surface area contributed by atoms with Crippen LogP contribution in [0.4, 0.5) is 22.0 Å². The third-order valence-corrected chi connectivity index (χ3v) is 3.87. The van der Waals surface area contributed by atoms with E-state index in [0.717, 1.165) is 0 Å². The number of rotatable bonds is 3. The molecule has 0 N–H and O–H groups in total. The van der Waals surface area contributed by atoms with Gasteiger partial charge in [-0.25, -0.2) is 22.0 Å². The molecule has 3 rings (SSSR count). The lowest BCUT2D eigenvalue weighted by atomic mass is 9.82. The molecule has 0 unspecified atom stereocenters. The Morgan fingerprint density at radius 1 is 0.636 bits per heavy atom. The van der Waals surface area contributed by atoms with Gasteiger partial charge in [0.25, 0.3) is 0 Å². The Bertz CT molecular complexity index is 694. The molecular weight excluding hydrogens is 299 g/mol. The molecule has 0 fully saturated rings. The third-order valence-electron chi connectivity index (χ3n) is 3.87. The van der Waals surface area contributed by atoms with Gasteiger partial charge in [-0.15, -0.1) is 0 Å². The second-order valence-electron chi connectivity index (χ2n) is 5.16. The minimum Gasteiger partial charge on any atom is -0.203 e. The molecule has 5 heteroatoms. The number of hydrogen-bond acceptors (Lipinski definition) is 0. The van der Waals surface area contributed by atoms with Crippen molar-refractivity contribution in [2.75, 3.05) is 0 Å². The van der Waals surface area contributed by atoms with E-state index >= 15 is 0 Å². The first kappa shape index (κ1) is 14.8. The predicted octanol–water partition coefficient (Wildman–Crippen LogP) is 5.24. The van der Waals surface area contributed by atoms with Crippen LogP contribution < -0.4 is 0 Å². The Hall–Kier alpha value is -2.17. The van der Waals surface area contributed by atoms with Crippen molar-refractivity contribution in [3.63, 3.8) is 0 Å². The molecule has 22 heavy (non-hydrogen) atoms. The van der Waals surface area contributed by atoms with Gasteiger partial charge < -0.3 is 0 Å². The van der Waals surface area contributed by atoms with Gasteiger partial charge in [0.1, 0.15) is 0 Å². The molecule has 0 aromatic heterocycles. The van der Waals surface area contributed by atoms with Crippen molar-refractivity contribution in [1.29, 1.82) is 0 Å². The molecule has 0 spiro atoms. The molecule has 0 amide bonds. The number of benzene rings is 1. The van der Waals surface area contributed by atoms with Crippen LogP contribution in [-0.2, 0) is 0 Å². The first-order valence-electron chi connectivity index (χ1n) is 6.75. The zero-order valence-corrected chi connectivity index (χ0v) is 11.3. The van der Waals surface area contributed by atoms with E-state index < -0.39 is 40.6 Å². The predicted molar refractivity (Wildman–Crippen MR) is 72.7 cm³/mol. The van der Waals surface area contributed by atoms with Crippen LogP contribution in [0.3, 0.4) is 0 Å². The lowest BCUT2D eigenvalue weighted by molar-refractivity contribution is 0.368. The molecule has 0 radical (unpaired) electrons. The highest BCUT2D eigenvalue weighted by molar-refractivity contribution is 5.47. The second-order valence-corrected chi connectivity index (χ2v) is 5.16. The zero-order chi connectivity index (χ0) is 15.9. The van der Waals surface area contributed by atoms with Crippen molar-refractivity contribution in [1.82, 2.24) is 0 Å². The Balaban J connectivity index is 2.21. The fourth-order valence-corrected chi connectivity index (χ4v) is 2.84. The van der Waals surface area contributed by atoms with Crippen molar-refractivity contribution < 1.29 is 22.0 Å². The maximum Gasteiger partial charge on any atom is 0.200 e. The number of allylic oxidation sites excluding steroid dienone is 8. The molecule has 0 aliphatic heterocycles. The van der Waals surface area contributed by atoms with Crippen LogP contribution in [0, 0.1) is 29.1 Å². The third kappa shape index (κ3) is 2.21. The summed E-state index contributed by atoms with van der Waals surface area (Å²) in [7, 11) is 0. The summed E-state index contributed by atoms with van der Waals surface area (Å²) in [5, 5.41) is 0. The van der Waals surface area contributed by atoms with Gasteiger partial charge in [-0.2, -0.15) is 0 Å². The summed E-state index contributed by atoms with van der Waals surface area (Å²) in [5.41, 5.74) is 0.442. The van der Waals surface area contributed by atoms with Crippen molar-refractivity contribution in [2.24, 2.45) is 0 Å². The maximum absolute atomic E-state index is 14.1. The standard InChI is InChI=1S/C17H11F5/c18-13-12(14(19)16(21)17(22)15(13)20)11(9-5-1-2-6-9)10-7-3-4-8-10/h1-5,7,11H,6,8H2. The minimum atomic E-state index is -2.13. The molecule has 0 bridgehead atoms. The number of halogens is 5. The molecule has 1 aromatic carbocycles. The van der Waals surface area contributed by atoms with Crippen molar-refractivity contribution >= 4 is 0 Å². The van der Waals surface area contributed by atoms with E-state index in [2.05, 4.69) is 0 Å². The summed E-state index contributed by atoms with van der Waals surface area (Å²) in [4.78, 5) is 0. The van der Waals surface area contributed by atoms with Crippen LogP contribution in [0.1, 0.15) is 24.3 Å². The summed E-state index contributed by atoms with van der Waals surface area (Å²) in [6.07, 6.45) is 11.1. The van der Waals surface area contributed by atoms with Gasteiger partial charge in [0, 0.05) is 11.5 Å². The van der Waals surface area contributed by atoms with Crippen LogP contribution in [0.5, 0.6) is 0 Å². The summed E-state index contributed by atoms with van der Waals surface area (Å²) in [6, 6.07) is 0. The highest BCUT2D eigenvalue weighted by atomic mass is 19.2. The zero-order valence-electron chi connectivity index (χ0n) is 11.3. The number of hydrogen-bond donors (Lipinski definition) is 0. The molecule has 1 aromatic rings. The highest BCUT2D eigenvalue weighted by Crippen LogP contribution is 2.42. The van der Waals surface area contributed by atoms with Gasteiger partial charge in [0.15, 0.2) is 23.3 Å². The van der Waals surface area contributed by atoms with E-state index in [1.807, 2.05) is 0 Å². The molecule has 0 saturated heterocycles. The van der Waals surface area contributed by atoms with Gasteiger partial charge in [0.05, 0.1) is 0 Å². The normalized spacial score (nSPS) is 16.6. The summed E-state index contributed by atoms with van der Waals surface area (Å²) in [6.45, 7) is 0. The quantitative estimate of drug-likeness (QED) is 0.407. The fourth-order valence-electron chi connectivity index (χ4n) is 2.84. The Kier molecular flexibility index (Phi) is 3.72. The van der Waals surface area contributed by atoms with Crippen LogP contribution in [-0.4, -0.2) is 0 Å². The fraction of sp³-hybridized carbons (Fsp3) is 0.176. The smallest absolute Gasteiger partial charge is 0.200 e. The van der Waals surface area contributed by atoms with Crippen LogP contribution in [0.2, 0.25) is 0 Å². The molecule has 0 saturated carbocycles. The summed E-state index contributed by atoms with van der Waals surface area (Å²) in [5.74, 6) is -10.4. The Morgan fingerprint density at radius 3 is 1.41 bits per heavy atom. The minimum absolute atomic E-state index is 0.418. The van der Waals surface area contributed by atoms with E-state index in [-0.39, 0.29) is 0 Å². The lowest BCUT2D eigenvalue weighted by Gasteiger charge is -2.22. The van der Waals surface area contributed by atoms with Crippen molar-refractivity contribution in [3.8, 4) is 0 Å². The SMILES string of the molecule is Fc1c(F)c(F)c(C(C2=CC=CC2)C2=CC=CC2)c(F)c1F. The van der Waals surface area contributed by atoms with E-state index in [0.29, 0.717) is 24.0 Å². The van der Waals surface area contributed by atoms with Gasteiger partial charge in [0.2, 0.25) is 5.82 Å². The van der Waals surface area contributed by atoms with E-state index in [4.69, 9.17) is 0 Å². The van der Waals surface area contributed by atoms with E-state index in [1.54, 1.807) is 36.5 Å². The van der Waals surface area contributed by atoms with Crippen LogP contribution in [0.15, 0.2) is 47.6 Å². The topological polar surface area (TPSA) is 0 Å². The molecule has 2 aliphatic rings. The van der Waals surface area contributed by atoms with Crippen molar-refractivity contribution in [3.05, 3.63) is 82.3 Å². The summed E-state index contributed by atoms with van der Waals surface area (Å²) < 4.78 is 68.5. The molecular formula is C17H11F5. The highest BCUT2D eigenvalue weighted by Gasteiger charge is 2.34. The molecule has 0 heterocycles. The molecule has 0 atom stereocenters. The van der Waals surface area contributed by atoms with E-state index in [1.165, 1.54) is 0 Å². The average Bonchev–Trinajstić information content (AvgIpc) is 3.20. The Labute approximate surface area is 124 Å². The lowest BCUT2D eigenvalue weighted by Crippen LogP contribution is -2.14. The summed E-state index contributed by atoms with van der Waals surface area (Å²) >= 11 is 0. The van der Waals surface area contributed by atoms with Gasteiger partial charge >= 0.3 is 0 Å². The molecule has 0 nitrogen and oxygen atoms in total. The van der Waals surface area contributed by atoms with Gasteiger partial charge in [-0.1, -0.05) is 47.6 Å². The van der Waals surface area contributed by atoms with Crippen LogP contribution >= 0.6 is 0 Å². The van der Waals surface area contributed by atoms with E-state index in [9.17, 15) is 22.0 Å². The first-order chi connectivity index (χ1) is 10.5. The average molecular weight is 310 g/mol.